The summed E-state index contributed by atoms with van der Waals surface area (Å²) in [6.07, 6.45) is 2.24. The molecule has 0 saturated heterocycles. The number of amides is 1. The molecule has 0 radical (unpaired) electrons. The third-order valence-electron chi connectivity index (χ3n) is 2.31. The van der Waals surface area contributed by atoms with Crippen LogP contribution in [-0.4, -0.2) is 33.9 Å². The number of nitrogens with zero attached hydrogens (tertiary/aromatic N) is 2. The zero-order chi connectivity index (χ0) is 12.3. The van der Waals surface area contributed by atoms with Crippen LogP contribution in [0.25, 0.3) is 0 Å². The molecule has 1 aromatic heterocycles. The fourth-order valence-electron chi connectivity index (χ4n) is 1.23. The summed E-state index contributed by atoms with van der Waals surface area (Å²) in [6, 6.07) is 0.414. The largest absolute Gasteiger partial charge is 0.360 e. The maximum Gasteiger partial charge on any atom is 0.233 e. The van der Waals surface area contributed by atoms with Crippen molar-refractivity contribution in [2.45, 2.75) is 42.3 Å². The van der Waals surface area contributed by atoms with E-state index < -0.39 is 0 Å². The smallest absolute Gasteiger partial charge is 0.233 e. The highest BCUT2D eigenvalue weighted by Crippen LogP contribution is 2.29. The first kappa shape index (κ1) is 12.6. The molecule has 94 valence electrons. The molecule has 1 fully saturated rings. The van der Waals surface area contributed by atoms with Gasteiger partial charge in [0.25, 0.3) is 0 Å². The van der Waals surface area contributed by atoms with Crippen LogP contribution in [0.4, 0.5) is 5.13 Å². The Morgan fingerprint density at radius 1 is 1.59 bits per heavy atom. The fraction of sp³-hybridized carbons (Fsp3) is 0.700. The van der Waals surface area contributed by atoms with Gasteiger partial charge in [-0.05, 0) is 26.7 Å². The molecule has 1 amide bonds. The second-order valence-electron chi connectivity index (χ2n) is 3.95. The van der Waals surface area contributed by atoms with Crippen LogP contribution in [0.15, 0.2) is 4.34 Å². The van der Waals surface area contributed by atoms with Crippen LogP contribution < -0.4 is 10.6 Å². The van der Waals surface area contributed by atoms with Crippen LogP contribution in [0.1, 0.15) is 26.7 Å². The van der Waals surface area contributed by atoms with Gasteiger partial charge >= 0.3 is 0 Å². The molecule has 2 rings (SSSR count). The van der Waals surface area contributed by atoms with E-state index in [0.717, 1.165) is 28.9 Å². The van der Waals surface area contributed by atoms with E-state index in [1.165, 1.54) is 23.1 Å². The average molecular weight is 272 g/mol. The molecule has 2 N–H and O–H groups in total. The third-order valence-corrected chi connectivity index (χ3v) is 4.37. The Balaban J connectivity index is 1.83. The minimum Gasteiger partial charge on any atom is -0.360 e. The number of carbonyl (C=O) groups excluding carboxylic acids is 1. The average Bonchev–Trinajstić information content (AvgIpc) is 3.00. The first-order valence-corrected chi connectivity index (χ1v) is 7.43. The molecule has 1 aromatic rings. The monoisotopic (exact) mass is 272 g/mol. The van der Waals surface area contributed by atoms with Crippen molar-refractivity contribution < 1.29 is 4.79 Å². The van der Waals surface area contributed by atoms with Gasteiger partial charge in [0.15, 0.2) is 4.34 Å². The van der Waals surface area contributed by atoms with E-state index in [9.17, 15) is 4.79 Å². The molecule has 7 heteroatoms. The topological polar surface area (TPSA) is 66.9 Å². The van der Waals surface area contributed by atoms with E-state index in [2.05, 4.69) is 20.8 Å². The first-order chi connectivity index (χ1) is 8.19. The number of nitrogens with one attached hydrogen (secondary N) is 2. The lowest BCUT2D eigenvalue weighted by Gasteiger charge is -2.08. The van der Waals surface area contributed by atoms with Gasteiger partial charge in [-0.3, -0.25) is 4.79 Å². The number of aromatic nitrogens is 2. The van der Waals surface area contributed by atoms with Gasteiger partial charge in [0, 0.05) is 12.6 Å². The quantitative estimate of drug-likeness (QED) is 0.772. The van der Waals surface area contributed by atoms with Gasteiger partial charge in [-0.1, -0.05) is 23.1 Å². The summed E-state index contributed by atoms with van der Waals surface area (Å²) in [5.41, 5.74) is 0. The first-order valence-electron chi connectivity index (χ1n) is 5.73. The lowest BCUT2D eigenvalue weighted by Crippen LogP contribution is -2.32. The Hall–Kier alpha value is -0.820. The van der Waals surface area contributed by atoms with E-state index in [1.807, 2.05) is 13.8 Å². The summed E-state index contributed by atoms with van der Waals surface area (Å²) in [5.74, 6) is 0.0951. The Bertz CT molecular complexity index is 391. The fourth-order valence-corrected chi connectivity index (χ4v) is 3.20. The minimum atomic E-state index is -0.113. The molecule has 1 atom stereocenters. The number of anilines is 1. The molecule has 1 aliphatic carbocycles. The molecule has 0 aromatic carbocycles. The predicted octanol–water partition coefficient (Wildman–Crippen LogP) is 1.73. The van der Waals surface area contributed by atoms with Crippen LogP contribution in [0, 0.1) is 0 Å². The maximum absolute atomic E-state index is 11.7. The highest BCUT2D eigenvalue weighted by atomic mass is 32.2. The predicted molar refractivity (Wildman–Crippen MR) is 70.6 cm³/mol. The van der Waals surface area contributed by atoms with Gasteiger partial charge in [0.1, 0.15) is 0 Å². The molecule has 0 aliphatic heterocycles. The molecule has 0 spiro atoms. The molecule has 0 unspecified atom stereocenters. The molecule has 1 saturated carbocycles. The van der Waals surface area contributed by atoms with Crippen LogP contribution in [0.3, 0.4) is 0 Å². The summed E-state index contributed by atoms with van der Waals surface area (Å²) < 4.78 is 0.833. The van der Waals surface area contributed by atoms with Crippen LogP contribution in [0.5, 0.6) is 0 Å². The standard InChI is InChI=1S/C10H16N4OS2/c1-3-11-9-13-14-10(17-9)16-6(2)8(15)12-7-4-5-7/h6-7H,3-5H2,1-2H3,(H,11,13)(H,12,15)/t6-/m0/s1. The van der Waals surface area contributed by atoms with E-state index in [0.29, 0.717) is 6.04 Å². The SMILES string of the molecule is CCNc1nnc(S[C@@H](C)C(=O)NC2CC2)s1. The lowest BCUT2D eigenvalue weighted by atomic mass is 10.4. The van der Waals surface area contributed by atoms with Crippen LogP contribution in [-0.2, 0) is 4.79 Å². The molecule has 0 bridgehead atoms. The van der Waals surface area contributed by atoms with E-state index in [-0.39, 0.29) is 11.2 Å². The third kappa shape index (κ3) is 3.85. The number of hydrogen-bond donors (Lipinski definition) is 2. The number of carbonyl (C=O) groups is 1. The Labute approximate surface area is 109 Å². The van der Waals surface area contributed by atoms with Crippen molar-refractivity contribution in [2.75, 3.05) is 11.9 Å². The van der Waals surface area contributed by atoms with Gasteiger partial charge in [-0.25, -0.2) is 0 Å². The summed E-state index contributed by atoms with van der Waals surface area (Å²) in [6.45, 7) is 4.74. The van der Waals surface area contributed by atoms with Crippen LogP contribution in [0.2, 0.25) is 0 Å². The second-order valence-corrected chi connectivity index (χ2v) is 6.51. The van der Waals surface area contributed by atoms with Gasteiger partial charge in [-0.2, -0.15) is 0 Å². The second kappa shape index (κ2) is 5.68. The van der Waals surface area contributed by atoms with Crippen molar-refractivity contribution in [3.8, 4) is 0 Å². The molecular weight excluding hydrogens is 256 g/mol. The maximum atomic E-state index is 11.7. The van der Waals surface area contributed by atoms with Gasteiger partial charge < -0.3 is 10.6 Å². The zero-order valence-electron chi connectivity index (χ0n) is 9.90. The molecular formula is C10H16N4OS2. The highest BCUT2D eigenvalue weighted by molar-refractivity contribution is 8.02. The van der Waals surface area contributed by atoms with Gasteiger partial charge in [0.05, 0.1) is 5.25 Å². The molecule has 5 nitrogen and oxygen atoms in total. The van der Waals surface area contributed by atoms with Crippen molar-refractivity contribution in [2.24, 2.45) is 0 Å². The summed E-state index contributed by atoms with van der Waals surface area (Å²) in [5, 5.41) is 14.8. The summed E-state index contributed by atoms with van der Waals surface area (Å²) in [7, 11) is 0. The van der Waals surface area contributed by atoms with E-state index in [1.54, 1.807) is 0 Å². The van der Waals surface area contributed by atoms with Crippen molar-refractivity contribution in [3.05, 3.63) is 0 Å². The number of rotatable bonds is 6. The van der Waals surface area contributed by atoms with Crippen LogP contribution >= 0.6 is 23.1 Å². The zero-order valence-corrected chi connectivity index (χ0v) is 11.5. The molecule has 17 heavy (non-hydrogen) atoms. The Morgan fingerprint density at radius 2 is 2.35 bits per heavy atom. The van der Waals surface area contributed by atoms with Crippen molar-refractivity contribution in [1.82, 2.24) is 15.5 Å². The highest BCUT2D eigenvalue weighted by Gasteiger charge is 2.26. The van der Waals surface area contributed by atoms with Crippen molar-refractivity contribution in [1.29, 1.82) is 0 Å². The van der Waals surface area contributed by atoms with Crippen molar-refractivity contribution in [3.63, 3.8) is 0 Å². The molecule has 1 aliphatic rings. The normalized spacial score (nSPS) is 16.6. The Kier molecular flexibility index (Phi) is 4.22. The lowest BCUT2D eigenvalue weighted by molar-refractivity contribution is -0.120. The van der Waals surface area contributed by atoms with E-state index in [4.69, 9.17) is 0 Å². The summed E-state index contributed by atoms with van der Waals surface area (Å²) >= 11 is 2.95. The number of thioether (sulfide) groups is 1. The van der Waals surface area contributed by atoms with Crippen molar-refractivity contribution >= 4 is 34.1 Å². The Morgan fingerprint density at radius 3 is 3.00 bits per heavy atom. The van der Waals surface area contributed by atoms with Gasteiger partial charge in [0.2, 0.25) is 11.0 Å². The summed E-state index contributed by atoms with van der Waals surface area (Å²) in [4.78, 5) is 11.7. The minimum absolute atomic E-state index is 0.0951. The number of hydrogen-bond acceptors (Lipinski definition) is 6. The molecule has 1 heterocycles. The van der Waals surface area contributed by atoms with E-state index >= 15 is 0 Å². The van der Waals surface area contributed by atoms with Gasteiger partial charge in [-0.15, -0.1) is 10.2 Å².